The molecule has 0 aliphatic rings. The molecule has 0 saturated heterocycles. The quantitative estimate of drug-likeness (QED) is 0.530. The van der Waals surface area contributed by atoms with E-state index in [1.165, 1.54) is 4.90 Å². The average Bonchev–Trinajstić information content (AvgIpc) is 2.78. The van der Waals surface area contributed by atoms with E-state index < -0.39 is 0 Å². The van der Waals surface area contributed by atoms with E-state index in [9.17, 15) is 0 Å². The minimum absolute atomic E-state index is 0.471. The van der Waals surface area contributed by atoms with Gasteiger partial charge in [0.2, 0.25) is 0 Å². The maximum atomic E-state index is 6.08. The first kappa shape index (κ1) is 9.93. The van der Waals surface area contributed by atoms with Crippen molar-refractivity contribution >= 4 is 45.2 Å². The van der Waals surface area contributed by atoms with Gasteiger partial charge in [-0.05, 0) is 18.4 Å². The van der Waals surface area contributed by atoms with E-state index in [2.05, 4.69) is 27.3 Å². The topological polar surface area (TPSA) is 41.6 Å². The van der Waals surface area contributed by atoms with Crippen LogP contribution in [0.3, 0.4) is 0 Å². The van der Waals surface area contributed by atoms with E-state index in [0.717, 1.165) is 21.8 Å². The molecule has 0 saturated carbocycles. The summed E-state index contributed by atoms with van der Waals surface area (Å²) in [6.07, 6.45) is 3.82. The lowest BCUT2D eigenvalue weighted by Gasteiger charge is -2.02. The van der Waals surface area contributed by atoms with Gasteiger partial charge in [0.25, 0.3) is 0 Å². The van der Waals surface area contributed by atoms with Crippen molar-refractivity contribution in [3.63, 3.8) is 0 Å². The van der Waals surface area contributed by atoms with Crippen LogP contribution in [0.15, 0.2) is 29.3 Å². The van der Waals surface area contributed by atoms with Crippen LogP contribution in [0.1, 0.15) is 0 Å². The molecule has 0 aliphatic carbocycles. The highest BCUT2D eigenvalue weighted by Crippen LogP contribution is 2.29. The molecule has 0 fully saturated rings. The minimum atomic E-state index is 0.471. The Kier molecular flexibility index (Phi) is 2.26. The number of halogens is 1. The van der Waals surface area contributed by atoms with Gasteiger partial charge < -0.3 is 0 Å². The summed E-state index contributed by atoms with van der Waals surface area (Å²) in [7, 11) is 0. The van der Waals surface area contributed by atoms with Gasteiger partial charge in [0.15, 0.2) is 5.15 Å². The first-order valence-electron chi connectivity index (χ1n) is 4.76. The zero-order valence-corrected chi connectivity index (χ0v) is 10.1. The summed E-state index contributed by atoms with van der Waals surface area (Å²) >= 11 is 7.77. The Morgan fingerprint density at radius 2 is 2.19 bits per heavy atom. The van der Waals surface area contributed by atoms with Crippen LogP contribution >= 0.6 is 23.4 Å². The Labute approximate surface area is 101 Å². The summed E-state index contributed by atoms with van der Waals surface area (Å²) in [5.74, 6) is 0. The van der Waals surface area contributed by atoms with Gasteiger partial charge in [0.05, 0.1) is 11.7 Å². The number of thioether (sulfide) groups is 1. The summed E-state index contributed by atoms with van der Waals surface area (Å²) in [5, 5.41) is 9.42. The van der Waals surface area contributed by atoms with Crippen molar-refractivity contribution in [1.29, 1.82) is 0 Å². The third-order valence-electron chi connectivity index (χ3n) is 2.56. The molecule has 1 aromatic carbocycles. The smallest absolute Gasteiger partial charge is 0.155 e. The highest BCUT2D eigenvalue weighted by molar-refractivity contribution is 7.98. The number of aromatic amines is 1. The van der Waals surface area contributed by atoms with Crippen LogP contribution < -0.4 is 0 Å². The summed E-state index contributed by atoms with van der Waals surface area (Å²) in [6.45, 7) is 0. The molecule has 2 heterocycles. The van der Waals surface area contributed by atoms with Crippen molar-refractivity contribution in [2.75, 3.05) is 6.26 Å². The fourth-order valence-electron chi connectivity index (χ4n) is 1.77. The number of aromatic nitrogens is 3. The molecule has 3 nitrogen and oxygen atoms in total. The number of rotatable bonds is 1. The lowest BCUT2D eigenvalue weighted by Crippen LogP contribution is -1.83. The van der Waals surface area contributed by atoms with Gasteiger partial charge in [-0.15, -0.1) is 11.8 Å². The van der Waals surface area contributed by atoms with Gasteiger partial charge in [-0.3, -0.25) is 5.10 Å². The highest BCUT2D eigenvalue weighted by atomic mass is 35.5. The van der Waals surface area contributed by atoms with Crippen molar-refractivity contribution in [3.8, 4) is 0 Å². The molecule has 0 spiro atoms. The number of hydrogen-bond donors (Lipinski definition) is 1. The number of nitrogens with zero attached hydrogens (tertiary/aromatic N) is 2. The van der Waals surface area contributed by atoms with Crippen molar-refractivity contribution < 1.29 is 0 Å². The number of hydrogen-bond acceptors (Lipinski definition) is 3. The molecule has 0 unspecified atom stereocenters. The van der Waals surface area contributed by atoms with Gasteiger partial charge in [0, 0.05) is 15.7 Å². The molecule has 0 bridgehead atoms. The lowest BCUT2D eigenvalue weighted by molar-refractivity contribution is 1.12. The third kappa shape index (κ3) is 1.37. The van der Waals surface area contributed by atoms with Gasteiger partial charge in [-0.1, -0.05) is 17.7 Å². The van der Waals surface area contributed by atoms with Crippen molar-refractivity contribution in [2.24, 2.45) is 0 Å². The Morgan fingerprint density at radius 3 is 3.00 bits per heavy atom. The summed E-state index contributed by atoms with van der Waals surface area (Å²) in [6, 6.07) is 6.18. The van der Waals surface area contributed by atoms with Crippen LogP contribution in [0.5, 0.6) is 0 Å². The Morgan fingerprint density at radius 1 is 1.31 bits per heavy atom. The van der Waals surface area contributed by atoms with Gasteiger partial charge in [0.1, 0.15) is 5.52 Å². The number of nitrogens with one attached hydrogen (secondary N) is 1. The summed E-state index contributed by atoms with van der Waals surface area (Å²) in [4.78, 5) is 5.55. The Balaban J connectivity index is 2.48. The van der Waals surface area contributed by atoms with Crippen LogP contribution in [0.4, 0.5) is 0 Å². The predicted molar refractivity (Wildman–Crippen MR) is 68.2 cm³/mol. The maximum absolute atomic E-state index is 6.08. The highest BCUT2D eigenvalue weighted by Gasteiger charge is 2.08. The molecule has 2 aromatic heterocycles. The van der Waals surface area contributed by atoms with Crippen LogP contribution in [-0.4, -0.2) is 21.4 Å². The van der Waals surface area contributed by atoms with E-state index >= 15 is 0 Å². The standard InChI is InChI=1S/C11H8ClN3S/c1-16-6-2-3-7-8-5-13-15-10(8)11(12)14-9(7)4-6/h2-5H,1H3,(H,13,15). The summed E-state index contributed by atoms with van der Waals surface area (Å²) < 4.78 is 0. The molecule has 3 rings (SSSR count). The SMILES string of the molecule is CSc1ccc2c(c1)nc(Cl)c1[nH]ncc12. The average molecular weight is 250 g/mol. The lowest BCUT2D eigenvalue weighted by atomic mass is 10.1. The summed E-state index contributed by atoms with van der Waals surface area (Å²) in [5.41, 5.74) is 1.71. The van der Waals surface area contributed by atoms with E-state index in [1.54, 1.807) is 18.0 Å². The second-order valence-electron chi connectivity index (χ2n) is 3.44. The van der Waals surface area contributed by atoms with Crippen molar-refractivity contribution in [1.82, 2.24) is 15.2 Å². The second-order valence-corrected chi connectivity index (χ2v) is 4.68. The molecule has 0 aliphatic heterocycles. The van der Waals surface area contributed by atoms with Crippen LogP contribution in [-0.2, 0) is 0 Å². The van der Waals surface area contributed by atoms with E-state index in [4.69, 9.17) is 11.6 Å². The number of H-pyrrole nitrogens is 1. The molecular weight excluding hydrogens is 242 g/mol. The molecule has 3 aromatic rings. The molecule has 5 heteroatoms. The van der Waals surface area contributed by atoms with Crippen LogP contribution in [0.25, 0.3) is 21.8 Å². The van der Waals surface area contributed by atoms with E-state index in [-0.39, 0.29) is 0 Å². The van der Waals surface area contributed by atoms with Crippen molar-refractivity contribution in [2.45, 2.75) is 4.90 Å². The van der Waals surface area contributed by atoms with Gasteiger partial charge >= 0.3 is 0 Å². The fourth-order valence-corrected chi connectivity index (χ4v) is 2.44. The second kappa shape index (κ2) is 3.64. The first-order chi connectivity index (χ1) is 7.79. The maximum Gasteiger partial charge on any atom is 0.155 e. The Bertz CT molecular complexity index is 677. The Hall–Kier alpha value is -1.26. The van der Waals surface area contributed by atoms with Gasteiger partial charge in [-0.2, -0.15) is 5.10 Å². The number of pyridine rings is 1. The monoisotopic (exact) mass is 249 g/mol. The number of fused-ring (bicyclic) bond motifs is 3. The first-order valence-corrected chi connectivity index (χ1v) is 6.36. The van der Waals surface area contributed by atoms with E-state index in [0.29, 0.717) is 5.15 Å². The predicted octanol–water partition coefficient (Wildman–Crippen LogP) is 3.49. The molecule has 1 N–H and O–H groups in total. The zero-order valence-electron chi connectivity index (χ0n) is 8.49. The molecule has 80 valence electrons. The van der Waals surface area contributed by atoms with Crippen molar-refractivity contribution in [3.05, 3.63) is 29.5 Å². The van der Waals surface area contributed by atoms with E-state index in [1.807, 2.05) is 12.3 Å². The largest absolute Gasteiger partial charge is 0.275 e. The van der Waals surface area contributed by atoms with Crippen LogP contribution in [0, 0.1) is 0 Å². The normalized spacial score (nSPS) is 11.4. The van der Waals surface area contributed by atoms with Gasteiger partial charge in [-0.25, -0.2) is 4.98 Å². The van der Waals surface area contributed by atoms with Crippen LogP contribution in [0.2, 0.25) is 5.15 Å². The molecule has 0 atom stereocenters. The number of benzene rings is 1. The molecule has 0 amide bonds. The minimum Gasteiger partial charge on any atom is -0.275 e. The third-order valence-corrected chi connectivity index (χ3v) is 3.56. The fraction of sp³-hybridized carbons (Fsp3) is 0.0909. The molecule has 16 heavy (non-hydrogen) atoms. The zero-order chi connectivity index (χ0) is 11.1. The molecule has 0 radical (unpaired) electrons. The molecular formula is C11H8ClN3S.